The smallest absolute Gasteiger partial charge is 0.417 e. The average Bonchev–Trinajstić information content (AvgIpc) is 3.47. The van der Waals surface area contributed by atoms with Crippen molar-refractivity contribution in [3.8, 4) is 11.3 Å². The molecule has 1 aliphatic heterocycles. The van der Waals surface area contributed by atoms with Crippen molar-refractivity contribution in [2.24, 2.45) is 0 Å². The lowest BCUT2D eigenvalue weighted by Gasteiger charge is -2.34. The number of hydrogen-bond donors (Lipinski definition) is 1. The lowest BCUT2D eigenvalue weighted by Crippen LogP contribution is -2.49. The molecule has 2 aliphatic carbocycles. The van der Waals surface area contributed by atoms with Crippen LogP contribution in [0.1, 0.15) is 60.8 Å². The van der Waals surface area contributed by atoms with E-state index in [1.807, 2.05) is 4.57 Å². The van der Waals surface area contributed by atoms with Gasteiger partial charge in [0.2, 0.25) is 0 Å². The molecule has 1 fully saturated rings. The minimum absolute atomic E-state index is 0.167. The van der Waals surface area contributed by atoms with E-state index < -0.39 is 25.6 Å². The predicted molar refractivity (Wildman–Crippen MR) is 142 cm³/mol. The number of amides is 2. The normalized spacial score (nSPS) is 17.9. The minimum atomic E-state index is -1.31. The average molecular weight is 529 g/mol. The Morgan fingerprint density at radius 2 is 1.92 bits per heavy atom. The van der Waals surface area contributed by atoms with Gasteiger partial charge in [0.1, 0.15) is 12.3 Å². The molecule has 5 rings (SSSR count). The number of carbonyl (C=O) groups is 2. The van der Waals surface area contributed by atoms with E-state index in [1.54, 1.807) is 27.0 Å². The molecule has 3 aliphatic rings. The number of aromatic nitrogens is 2. The van der Waals surface area contributed by atoms with Gasteiger partial charge in [-0.05, 0) is 63.6 Å². The molecule has 37 heavy (non-hydrogen) atoms. The van der Waals surface area contributed by atoms with Crippen LogP contribution in [-0.4, -0.2) is 53.3 Å². The maximum Gasteiger partial charge on any atom is 0.417 e. The number of aryl methyl sites for hydroxylation is 1. The molecule has 2 aromatic rings. The SMILES string of the molecule is CC(C)(C)OC(=O)N1CC2(CC2)c2c(c3c(n2COCC[Si](C)(C)C)-c2c(cnc(N)c2F)CC3)C1=O. The second kappa shape index (κ2) is 8.66. The molecule has 8 nitrogen and oxygen atoms in total. The Bertz CT molecular complexity index is 1290. The second-order valence-electron chi connectivity index (χ2n) is 12.8. The zero-order valence-electron chi connectivity index (χ0n) is 22.7. The third kappa shape index (κ3) is 4.58. The van der Waals surface area contributed by atoms with E-state index in [-0.39, 0.29) is 30.4 Å². The number of fused-ring (bicyclic) bond motifs is 6. The first-order valence-corrected chi connectivity index (χ1v) is 16.7. The predicted octanol–water partition coefficient (Wildman–Crippen LogP) is 5.10. The van der Waals surface area contributed by atoms with Crippen molar-refractivity contribution in [1.82, 2.24) is 14.5 Å². The summed E-state index contributed by atoms with van der Waals surface area (Å²) in [7, 11) is -1.31. The first kappa shape index (κ1) is 25.9. The van der Waals surface area contributed by atoms with Gasteiger partial charge in [-0.15, -0.1) is 0 Å². The van der Waals surface area contributed by atoms with E-state index in [4.69, 9.17) is 15.2 Å². The fraction of sp³-hybridized carbons (Fsp3) is 0.593. The van der Waals surface area contributed by atoms with Crippen LogP contribution in [0.2, 0.25) is 25.7 Å². The summed E-state index contributed by atoms with van der Waals surface area (Å²) in [6.07, 6.45) is 3.73. The van der Waals surface area contributed by atoms with E-state index in [2.05, 4.69) is 24.6 Å². The third-order valence-electron chi connectivity index (χ3n) is 7.48. The topological polar surface area (TPSA) is 99.7 Å². The number of pyridine rings is 1. The Labute approximate surface area is 218 Å². The fourth-order valence-electron chi connectivity index (χ4n) is 5.48. The van der Waals surface area contributed by atoms with Crippen LogP contribution < -0.4 is 5.73 Å². The first-order valence-electron chi connectivity index (χ1n) is 13.0. The number of nitrogen functional groups attached to an aromatic ring is 1. The number of nitrogens with two attached hydrogens (primary N) is 1. The summed E-state index contributed by atoms with van der Waals surface area (Å²) in [5, 5.41) is 0. The van der Waals surface area contributed by atoms with Crippen LogP contribution in [0.4, 0.5) is 15.0 Å². The van der Waals surface area contributed by atoms with Gasteiger partial charge in [0.25, 0.3) is 5.91 Å². The zero-order valence-corrected chi connectivity index (χ0v) is 23.7. The number of carbonyl (C=O) groups excluding carboxylic acids is 2. The monoisotopic (exact) mass is 528 g/mol. The van der Waals surface area contributed by atoms with Crippen molar-refractivity contribution >= 4 is 25.9 Å². The highest BCUT2D eigenvalue weighted by atomic mass is 28.3. The van der Waals surface area contributed by atoms with Gasteiger partial charge < -0.3 is 19.8 Å². The number of ether oxygens (including phenoxy) is 2. The summed E-state index contributed by atoms with van der Waals surface area (Å²) in [6.45, 7) is 13.3. The Kier molecular flexibility index (Phi) is 6.06. The molecule has 0 saturated heterocycles. The molecule has 2 aromatic heterocycles. The van der Waals surface area contributed by atoms with Gasteiger partial charge in [0, 0.05) is 44.1 Å². The number of anilines is 1. The Morgan fingerprint density at radius 1 is 1.22 bits per heavy atom. The Balaban J connectivity index is 1.64. The van der Waals surface area contributed by atoms with E-state index in [1.165, 1.54) is 4.90 Å². The van der Waals surface area contributed by atoms with E-state index in [0.29, 0.717) is 36.3 Å². The molecule has 1 spiro atoms. The van der Waals surface area contributed by atoms with Gasteiger partial charge in [-0.3, -0.25) is 4.79 Å². The Morgan fingerprint density at radius 3 is 2.54 bits per heavy atom. The standard InChI is InChI=1S/C27H37FN4O4Si/c1-26(2,3)36-25(34)31-14-27(9-10-27)22-19(24(31)33)17-8-7-16-13-30-23(29)20(28)18(16)21(17)32(22)15-35-11-12-37(4,5)6/h13H,7-12,14-15H2,1-6H3,(H2,29,30). The van der Waals surface area contributed by atoms with Crippen LogP contribution in [0.25, 0.3) is 11.3 Å². The Hall–Kier alpha value is -2.72. The van der Waals surface area contributed by atoms with E-state index in [0.717, 1.165) is 35.7 Å². The van der Waals surface area contributed by atoms with E-state index >= 15 is 4.39 Å². The molecular weight excluding hydrogens is 491 g/mol. The van der Waals surface area contributed by atoms with Gasteiger partial charge in [-0.1, -0.05) is 19.6 Å². The van der Waals surface area contributed by atoms with Crippen LogP contribution in [0, 0.1) is 5.82 Å². The molecule has 200 valence electrons. The van der Waals surface area contributed by atoms with Gasteiger partial charge >= 0.3 is 6.09 Å². The van der Waals surface area contributed by atoms with Crippen LogP contribution in [0.15, 0.2) is 6.20 Å². The summed E-state index contributed by atoms with van der Waals surface area (Å²) in [6, 6.07) is 0.997. The molecule has 0 aromatic carbocycles. The van der Waals surface area contributed by atoms with Gasteiger partial charge in [0.05, 0.1) is 11.3 Å². The summed E-state index contributed by atoms with van der Waals surface area (Å²) in [4.78, 5) is 32.3. The lowest BCUT2D eigenvalue weighted by atomic mass is 9.85. The summed E-state index contributed by atoms with van der Waals surface area (Å²) in [5.41, 5.74) is 8.70. The minimum Gasteiger partial charge on any atom is -0.443 e. The first-order chi connectivity index (χ1) is 17.2. The van der Waals surface area contributed by atoms with Gasteiger partial charge in [-0.25, -0.2) is 19.1 Å². The van der Waals surface area contributed by atoms with E-state index in [9.17, 15) is 9.59 Å². The lowest BCUT2D eigenvalue weighted by molar-refractivity contribution is 0.0204. The van der Waals surface area contributed by atoms with Crippen LogP contribution >= 0.6 is 0 Å². The summed E-state index contributed by atoms with van der Waals surface area (Å²) in [5.74, 6) is -1.12. The van der Waals surface area contributed by atoms with Crippen molar-refractivity contribution < 1.29 is 23.5 Å². The molecule has 3 heterocycles. The van der Waals surface area contributed by atoms with Crippen LogP contribution in [0.3, 0.4) is 0 Å². The maximum absolute atomic E-state index is 15.5. The number of halogens is 1. The molecule has 10 heteroatoms. The van der Waals surface area contributed by atoms with Crippen molar-refractivity contribution in [2.75, 3.05) is 18.9 Å². The summed E-state index contributed by atoms with van der Waals surface area (Å²) < 4.78 is 29.3. The molecule has 2 amide bonds. The largest absolute Gasteiger partial charge is 0.443 e. The fourth-order valence-corrected chi connectivity index (χ4v) is 6.24. The molecular formula is C27H37FN4O4Si. The quantitative estimate of drug-likeness (QED) is 0.428. The molecule has 0 bridgehead atoms. The zero-order chi connectivity index (χ0) is 26.9. The second-order valence-corrected chi connectivity index (χ2v) is 18.5. The highest BCUT2D eigenvalue weighted by Crippen LogP contribution is 2.56. The molecule has 0 atom stereocenters. The summed E-state index contributed by atoms with van der Waals surface area (Å²) >= 11 is 0. The number of hydrogen-bond acceptors (Lipinski definition) is 6. The molecule has 2 N–H and O–H groups in total. The van der Waals surface area contributed by atoms with Crippen molar-refractivity contribution in [1.29, 1.82) is 0 Å². The maximum atomic E-state index is 15.5. The van der Waals surface area contributed by atoms with Crippen LogP contribution in [0.5, 0.6) is 0 Å². The van der Waals surface area contributed by atoms with Crippen molar-refractivity contribution in [3.05, 3.63) is 34.4 Å². The highest BCUT2D eigenvalue weighted by molar-refractivity contribution is 6.76. The third-order valence-corrected chi connectivity index (χ3v) is 9.18. The molecule has 0 unspecified atom stereocenters. The van der Waals surface area contributed by atoms with Crippen LogP contribution in [-0.2, 0) is 34.5 Å². The van der Waals surface area contributed by atoms with Crippen molar-refractivity contribution in [2.45, 2.75) is 89.9 Å². The molecule has 1 saturated carbocycles. The van der Waals surface area contributed by atoms with Gasteiger partial charge in [0.15, 0.2) is 11.6 Å². The molecule has 0 radical (unpaired) electrons. The number of imide groups is 1. The number of nitrogens with zero attached hydrogens (tertiary/aromatic N) is 3. The highest BCUT2D eigenvalue weighted by Gasteiger charge is 2.57. The van der Waals surface area contributed by atoms with Gasteiger partial charge in [-0.2, -0.15) is 0 Å². The number of rotatable bonds is 5. The van der Waals surface area contributed by atoms with Crippen molar-refractivity contribution in [3.63, 3.8) is 0 Å².